The summed E-state index contributed by atoms with van der Waals surface area (Å²) in [7, 11) is 0. The average molecular weight is 345 g/mol. The van der Waals surface area contributed by atoms with E-state index in [1.165, 1.54) is 5.56 Å². The third-order valence-corrected chi connectivity index (χ3v) is 4.06. The SMILES string of the molecule is Cc1cc(Br)ccc1Nc1ccc(NC(=O)C2CC2)cc1. The van der Waals surface area contributed by atoms with Gasteiger partial charge >= 0.3 is 0 Å². The molecule has 0 aromatic heterocycles. The molecular formula is C17H17BrN2O. The molecule has 1 aliphatic carbocycles. The maximum Gasteiger partial charge on any atom is 0.227 e. The Morgan fingerprint density at radius 1 is 1.10 bits per heavy atom. The molecule has 2 N–H and O–H groups in total. The minimum absolute atomic E-state index is 0.138. The van der Waals surface area contributed by atoms with Gasteiger partial charge in [0.05, 0.1) is 0 Å². The van der Waals surface area contributed by atoms with Crippen LogP contribution in [0.3, 0.4) is 0 Å². The summed E-state index contributed by atoms with van der Waals surface area (Å²) in [5, 5.41) is 6.32. The van der Waals surface area contributed by atoms with Gasteiger partial charge in [-0.1, -0.05) is 15.9 Å². The summed E-state index contributed by atoms with van der Waals surface area (Å²) >= 11 is 3.46. The van der Waals surface area contributed by atoms with Crippen molar-refractivity contribution in [1.29, 1.82) is 0 Å². The van der Waals surface area contributed by atoms with Crippen molar-refractivity contribution in [2.45, 2.75) is 19.8 Å². The fourth-order valence-electron chi connectivity index (χ4n) is 2.15. The van der Waals surface area contributed by atoms with E-state index in [0.717, 1.165) is 34.4 Å². The van der Waals surface area contributed by atoms with E-state index in [-0.39, 0.29) is 11.8 Å². The number of rotatable bonds is 4. The zero-order chi connectivity index (χ0) is 14.8. The molecule has 108 valence electrons. The van der Waals surface area contributed by atoms with Gasteiger partial charge in [-0.2, -0.15) is 0 Å². The molecular weight excluding hydrogens is 328 g/mol. The third kappa shape index (κ3) is 3.64. The Bertz CT molecular complexity index is 663. The number of halogens is 1. The highest BCUT2D eigenvalue weighted by Crippen LogP contribution is 2.30. The summed E-state index contributed by atoms with van der Waals surface area (Å²) in [6, 6.07) is 13.9. The summed E-state index contributed by atoms with van der Waals surface area (Å²) in [4.78, 5) is 11.7. The van der Waals surface area contributed by atoms with Crippen LogP contribution in [0.1, 0.15) is 18.4 Å². The summed E-state index contributed by atoms with van der Waals surface area (Å²) in [6.07, 6.45) is 2.04. The Kier molecular flexibility index (Phi) is 3.97. The summed E-state index contributed by atoms with van der Waals surface area (Å²) < 4.78 is 1.07. The van der Waals surface area contributed by atoms with E-state index in [4.69, 9.17) is 0 Å². The molecule has 1 fully saturated rings. The van der Waals surface area contributed by atoms with E-state index in [1.807, 2.05) is 36.4 Å². The Morgan fingerprint density at radius 2 is 1.76 bits per heavy atom. The Balaban J connectivity index is 1.67. The predicted octanol–water partition coefficient (Wildman–Crippen LogP) is 4.85. The lowest BCUT2D eigenvalue weighted by molar-refractivity contribution is -0.117. The highest BCUT2D eigenvalue weighted by Gasteiger charge is 2.29. The molecule has 1 saturated carbocycles. The molecule has 0 spiro atoms. The molecule has 2 aromatic carbocycles. The normalized spacial score (nSPS) is 13.8. The van der Waals surface area contributed by atoms with E-state index in [0.29, 0.717) is 0 Å². The van der Waals surface area contributed by atoms with Crippen LogP contribution in [0.5, 0.6) is 0 Å². The van der Waals surface area contributed by atoms with Gasteiger partial charge in [0.2, 0.25) is 5.91 Å². The second-order valence-corrected chi connectivity index (χ2v) is 6.34. The zero-order valence-corrected chi connectivity index (χ0v) is 13.4. The van der Waals surface area contributed by atoms with Crippen molar-refractivity contribution in [3.63, 3.8) is 0 Å². The van der Waals surface area contributed by atoms with Crippen molar-refractivity contribution in [1.82, 2.24) is 0 Å². The fraction of sp³-hybridized carbons (Fsp3) is 0.235. The molecule has 0 aliphatic heterocycles. The number of anilines is 3. The number of nitrogens with one attached hydrogen (secondary N) is 2. The lowest BCUT2D eigenvalue weighted by Gasteiger charge is -2.11. The van der Waals surface area contributed by atoms with Crippen LogP contribution >= 0.6 is 15.9 Å². The number of carbonyl (C=O) groups excluding carboxylic acids is 1. The van der Waals surface area contributed by atoms with Crippen molar-refractivity contribution in [3.8, 4) is 0 Å². The lowest BCUT2D eigenvalue weighted by Crippen LogP contribution is -2.13. The van der Waals surface area contributed by atoms with Gasteiger partial charge in [0.1, 0.15) is 0 Å². The maximum atomic E-state index is 11.7. The minimum Gasteiger partial charge on any atom is -0.355 e. The molecule has 2 aromatic rings. The third-order valence-electron chi connectivity index (χ3n) is 3.57. The molecule has 0 saturated heterocycles. The van der Waals surface area contributed by atoms with Crippen molar-refractivity contribution >= 4 is 38.9 Å². The summed E-state index contributed by atoms with van der Waals surface area (Å²) in [5.74, 6) is 0.368. The second-order valence-electron chi connectivity index (χ2n) is 5.43. The lowest BCUT2D eigenvalue weighted by atomic mass is 10.2. The van der Waals surface area contributed by atoms with Crippen LogP contribution in [0.25, 0.3) is 0 Å². The van der Waals surface area contributed by atoms with E-state index in [9.17, 15) is 4.79 Å². The number of aryl methyl sites for hydroxylation is 1. The van der Waals surface area contributed by atoms with Crippen LogP contribution in [0.4, 0.5) is 17.1 Å². The van der Waals surface area contributed by atoms with E-state index in [2.05, 4.69) is 39.6 Å². The molecule has 4 heteroatoms. The topological polar surface area (TPSA) is 41.1 Å². The molecule has 0 heterocycles. The van der Waals surface area contributed by atoms with Crippen LogP contribution in [0, 0.1) is 12.8 Å². The van der Waals surface area contributed by atoms with E-state index < -0.39 is 0 Å². The van der Waals surface area contributed by atoms with Gasteiger partial charge in [0, 0.05) is 27.5 Å². The molecule has 3 rings (SSSR count). The molecule has 0 radical (unpaired) electrons. The second kappa shape index (κ2) is 5.90. The predicted molar refractivity (Wildman–Crippen MR) is 90.0 cm³/mol. The highest BCUT2D eigenvalue weighted by molar-refractivity contribution is 9.10. The number of benzene rings is 2. The summed E-state index contributed by atoms with van der Waals surface area (Å²) in [6.45, 7) is 2.07. The van der Waals surface area contributed by atoms with Crippen molar-refractivity contribution in [3.05, 3.63) is 52.5 Å². The monoisotopic (exact) mass is 344 g/mol. The molecule has 0 atom stereocenters. The van der Waals surface area contributed by atoms with Gasteiger partial charge in [-0.25, -0.2) is 0 Å². The van der Waals surface area contributed by atoms with Gasteiger partial charge in [-0.15, -0.1) is 0 Å². The maximum absolute atomic E-state index is 11.7. The Hall–Kier alpha value is -1.81. The van der Waals surface area contributed by atoms with Crippen LogP contribution in [-0.2, 0) is 4.79 Å². The standard InChI is InChI=1S/C17H17BrN2O/c1-11-10-13(18)4-9-16(11)19-14-5-7-15(8-6-14)20-17(21)12-2-3-12/h4-10,12,19H,2-3H2,1H3,(H,20,21). The average Bonchev–Trinajstić information content (AvgIpc) is 3.28. The zero-order valence-electron chi connectivity index (χ0n) is 11.8. The first-order valence-corrected chi connectivity index (χ1v) is 7.85. The highest BCUT2D eigenvalue weighted by atomic mass is 79.9. The minimum atomic E-state index is 0.138. The van der Waals surface area contributed by atoms with E-state index in [1.54, 1.807) is 0 Å². The van der Waals surface area contributed by atoms with Crippen LogP contribution in [-0.4, -0.2) is 5.91 Å². The first-order valence-electron chi connectivity index (χ1n) is 7.06. The number of carbonyl (C=O) groups is 1. The Labute approximate surface area is 132 Å². The molecule has 3 nitrogen and oxygen atoms in total. The van der Waals surface area contributed by atoms with Gasteiger partial charge in [-0.05, 0) is 67.8 Å². The first-order chi connectivity index (χ1) is 10.1. The van der Waals surface area contributed by atoms with E-state index >= 15 is 0 Å². The fourth-order valence-corrected chi connectivity index (χ4v) is 2.63. The molecule has 1 amide bonds. The van der Waals surface area contributed by atoms with Crippen molar-refractivity contribution < 1.29 is 4.79 Å². The Morgan fingerprint density at radius 3 is 2.38 bits per heavy atom. The molecule has 0 bridgehead atoms. The summed E-state index contributed by atoms with van der Waals surface area (Å²) in [5.41, 5.74) is 4.11. The molecule has 21 heavy (non-hydrogen) atoms. The number of hydrogen-bond donors (Lipinski definition) is 2. The van der Waals surface area contributed by atoms with Gasteiger partial charge < -0.3 is 10.6 Å². The first kappa shape index (κ1) is 14.1. The van der Waals surface area contributed by atoms with Crippen molar-refractivity contribution in [2.24, 2.45) is 5.92 Å². The van der Waals surface area contributed by atoms with Crippen LogP contribution < -0.4 is 10.6 Å². The van der Waals surface area contributed by atoms with Gasteiger partial charge in [0.15, 0.2) is 0 Å². The largest absolute Gasteiger partial charge is 0.355 e. The molecule has 0 unspecified atom stereocenters. The van der Waals surface area contributed by atoms with Gasteiger partial charge in [-0.3, -0.25) is 4.79 Å². The van der Waals surface area contributed by atoms with Crippen LogP contribution in [0.15, 0.2) is 46.9 Å². The number of hydrogen-bond acceptors (Lipinski definition) is 2. The molecule has 1 aliphatic rings. The van der Waals surface area contributed by atoms with Crippen LogP contribution in [0.2, 0.25) is 0 Å². The quantitative estimate of drug-likeness (QED) is 0.832. The smallest absolute Gasteiger partial charge is 0.227 e. The number of amides is 1. The van der Waals surface area contributed by atoms with Gasteiger partial charge in [0.25, 0.3) is 0 Å². The van der Waals surface area contributed by atoms with Crippen molar-refractivity contribution in [2.75, 3.05) is 10.6 Å².